The number of hydrogen-bond acceptors (Lipinski definition) is 2. The molecule has 1 aromatic heterocycles. The van der Waals surface area contributed by atoms with Gasteiger partial charge in [-0.2, -0.15) is 0 Å². The van der Waals surface area contributed by atoms with Crippen LogP contribution < -0.4 is 10.7 Å². The average molecular weight is 324 g/mol. The summed E-state index contributed by atoms with van der Waals surface area (Å²) in [6.07, 6.45) is 1.48. The van der Waals surface area contributed by atoms with Gasteiger partial charge in [0.1, 0.15) is 11.4 Å². The molecule has 1 amide bonds. The minimum absolute atomic E-state index is 0.00150. The summed E-state index contributed by atoms with van der Waals surface area (Å²) in [5, 5.41) is 3.01. The fourth-order valence-corrected chi connectivity index (χ4v) is 2.73. The maximum atomic E-state index is 13.5. The van der Waals surface area contributed by atoms with Crippen molar-refractivity contribution >= 4 is 16.8 Å². The number of aryl methyl sites for hydroxylation is 1. The number of pyridine rings is 1. The van der Waals surface area contributed by atoms with E-state index >= 15 is 0 Å². The van der Waals surface area contributed by atoms with Crippen molar-refractivity contribution in [1.29, 1.82) is 0 Å². The smallest absolute Gasteiger partial charge is 0.257 e. The summed E-state index contributed by atoms with van der Waals surface area (Å²) in [4.78, 5) is 25.1. The predicted octanol–water partition coefficient (Wildman–Crippen LogP) is 3.17. The van der Waals surface area contributed by atoms with E-state index in [4.69, 9.17) is 0 Å². The van der Waals surface area contributed by atoms with Gasteiger partial charge in [0.05, 0.1) is 11.6 Å². The van der Waals surface area contributed by atoms with Crippen LogP contribution in [0.25, 0.3) is 10.9 Å². The van der Waals surface area contributed by atoms with Crippen LogP contribution in [0, 0.1) is 5.82 Å². The van der Waals surface area contributed by atoms with Gasteiger partial charge in [0, 0.05) is 18.6 Å². The fraction of sp³-hybridized carbons (Fsp3) is 0.158. The molecule has 24 heavy (non-hydrogen) atoms. The Hall–Kier alpha value is -2.95. The lowest BCUT2D eigenvalue weighted by Crippen LogP contribution is -2.31. The van der Waals surface area contributed by atoms with E-state index in [-0.39, 0.29) is 17.0 Å². The van der Waals surface area contributed by atoms with Gasteiger partial charge in [0.25, 0.3) is 5.91 Å². The summed E-state index contributed by atoms with van der Waals surface area (Å²) in [6, 6.07) is 13.2. The van der Waals surface area contributed by atoms with Crippen molar-refractivity contribution in [3.63, 3.8) is 0 Å². The zero-order chi connectivity index (χ0) is 17.3. The second-order valence-electron chi connectivity index (χ2n) is 5.75. The van der Waals surface area contributed by atoms with Crippen LogP contribution in [0.1, 0.15) is 28.9 Å². The van der Waals surface area contributed by atoms with E-state index in [1.165, 1.54) is 18.3 Å². The number of halogens is 1. The molecular formula is C19H17FN2O2. The molecule has 3 aromatic rings. The van der Waals surface area contributed by atoms with E-state index in [2.05, 4.69) is 5.32 Å². The molecule has 0 saturated heterocycles. The summed E-state index contributed by atoms with van der Waals surface area (Å²) < 4.78 is 15.1. The van der Waals surface area contributed by atoms with Crippen molar-refractivity contribution in [2.45, 2.75) is 13.0 Å². The highest BCUT2D eigenvalue weighted by molar-refractivity contribution is 5.97. The van der Waals surface area contributed by atoms with Gasteiger partial charge >= 0.3 is 0 Å². The summed E-state index contributed by atoms with van der Waals surface area (Å²) in [5.41, 5.74) is 1.04. The number of amides is 1. The van der Waals surface area contributed by atoms with Crippen molar-refractivity contribution in [3.05, 3.63) is 81.9 Å². The number of carbonyl (C=O) groups is 1. The fourth-order valence-electron chi connectivity index (χ4n) is 2.73. The number of aromatic nitrogens is 1. The molecule has 0 saturated carbocycles. The molecule has 0 fully saturated rings. The quantitative estimate of drug-likeness (QED) is 0.804. The van der Waals surface area contributed by atoms with Gasteiger partial charge in [0.15, 0.2) is 0 Å². The Labute approximate surface area is 138 Å². The minimum atomic E-state index is -0.505. The first-order valence-corrected chi connectivity index (χ1v) is 7.62. The highest BCUT2D eigenvalue weighted by Gasteiger charge is 2.17. The molecule has 1 atom stereocenters. The zero-order valence-electron chi connectivity index (χ0n) is 13.4. The van der Waals surface area contributed by atoms with Crippen molar-refractivity contribution < 1.29 is 9.18 Å². The third-order valence-electron chi connectivity index (χ3n) is 4.04. The SMILES string of the molecule is C[C@@H](NC(=O)c1cn(C)c2ccc(F)cc2c1=O)c1ccccc1. The molecule has 0 bridgehead atoms. The molecular weight excluding hydrogens is 307 g/mol. The Balaban J connectivity index is 1.98. The van der Waals surface area contributed by atoms with Gasteiger partial charge < -0.3 is 9.88 Å². The molecule has 1 heterocycles. The molecule has 3 rings (SSSR count). The Morgan fingerprint density at radius 1 is 1.17 bits per heavy atom. The monoisotopic (exact) mass is 324 g/mol. The zero-order valence-corrected chi connectivity index (χ0v) is 13.4. The number of benzene rings is 2. The number of nitrogens with zero attached hydrogens (tertiary/aromatic N) is 1. The van der Waals surface area contributed by atoms with Crippen molar-refractivity contribution in [3.8, 4) is 0 Å². The predicted molar refractivity (Wildman–Crippen MR) is 91.5 cm³/mol. The average Bonchev–Trinajstić information content (AvgIpc) is 2.58. The second kappa shape index (κ2) is 6.28. The molecule has 0 aliphatic carbocycles. The van der Waals surface area contributed by atoms with Crippen LogP contribution >= 0.6 is 0 Å². The summed E-state index contributed by atoms with van der Waals surface area (Å²) in [6.45, 7) is 1.85. The highest BCUT2D eigenvalue weighted by atomic mass is 19.1. The normalized spacial score (nSPS) is 12.1. The topological polar surface area (TPSA) is 51.1 Å². The van der Waals surface area contributed by atoms with Gasteiger partial charge in [-0.3, -0.25) is 9.59 Å². The van der Waals surface area contributed by atoms with Crippen molar-refractivity contribution in [2.24, 2.45) is 7.05 Å². The van der Waals surface area contributed by atoms with E-state index in [9.17, 15) is 14.0 Å². The molecule has 0 aliphatic heterocycles. The largest absolute Gasteiger partial charge is 0.350 e. The Kier molecular flexibility index (Phi) is 4.16. The maximum absolute atomic E-state index is 13.5. The van der Waals surface area contributed by atoms with E-state index < -0.39 is 17.2 Å². The molecule has 122 valence electrons. The highest BCUT2D eigenvalue weighted by Crippen LogP contribution is 2.15. The van der Waals surface area contributed by atoms with Crippen LogP contribution in [0.3, 0.4) is 0 Å². The summed E-state index contributed by atoms with van der Waals surface area (Å²) in [7, 11) is 1.72. The third-order valence-corrected chi connectivity index (χ3v) is 4.04. The van der Waals surface area contributed by atoms with Crippen LogP contribution in [-0.4, -0.2) is 10.5 Å². The van der Waals surface area contributed by atoms with E-state index in [1.807, 2.05) is 37.3 Å². The van der Waals surface area contributed by atoms with Crippen LogP contribution in [0.5, 0.6) is 0 Å². The summed E-state index contributed by atoms with van der Waals surface area (Å²) in [5.74, 6) is -0.979. The molecule has 5 heteroatoms. The lowest BCUT2D eigenvalue weighted by molar-refractivity contribution is 0.0938. The summed E-state index contributed by atoms with van der Waals surface area (Å²) >= 11 is 0. The molecule has 4 nitrogen and oxygen atoms in total. The number of hydrogen-bond donors (Lipinski definition) is 1. The van der Waals surface area contributed by atoms with Gasteiger partial charge in [0.2, 0.25) is 5.43 Å². The second-order valence-corrected chi connectivity index (χ2v) is 5.75. The van der Waals surface area contributed by atoms with Crippen LogP contribution in [0.2, 0.25) is 0 Å². The molecule has 2 aromatic carbocycles. The molecule has 0 unspecified atom stereocenters. The number of carbonyl (C=O) groups excluding carboxylic acids is 1. The lowest BCUT2D eigenvalue weighted by atomic mass is 10.1. The van der Waals surface area contributed by atoms with Crippen LogP contribution in [0.15, 0.2) is 59.5 Å². The Morgan fingerprint density at radius 2 is 1.88 bits per heavy atom. The maximum Gasteiger partial charge on any atom is 0.257 e. The lowest BCUT2D eigenvalue weighted by Gasteiger charge is -2.15. The van der Waals surface area contributed by atoms with Gasteiger partial charge in [-0.1, -0.05) is 30.3 Å². The molecule has 0 spiro atoms. The van der Waals surface area contributed by atoms with Gasteiger partial charge in [-0.05, 0) is 30.7 Å². The van der Waals surface area contributed by atoms with Gasteiger partial charge in [-0.25, -0.2) is 4.39 Å². The number of fused-ring (bicyclic) bond motifs is 1. The third kappa shape index (κ3) is 2.93. The first-order chi connectivity index (χ1) is 11.5. The Morgan fingerprint density at radius 3 is 2.58 bits per heavy atom. The number of nitrogens with one attached hydrogen (secondary N) is 1. The number of rotatable bonds is 3. The molecule has 1 N–H and O–H groups in total. The van der Waals surface area contributed by atoms with E-state index in [1.54, 1.807) is 11.6 Å². The van der Waals surface area contributed by atoms with Crippen molar-refractivity contribution in [1.82, 2.24) is 9.88 Å². The van der Waals surface area contributed by atoms with Crippen LogP contribution in [-0.2, 0) is 7.05 Å². The molecule has 0 aliphatic rings. The standard InChI is InChI=1S/C19H17FN2O2/c1-12(13-6-4-3-5-7-13)21-19(24)16-11-22(2)17-9-8-14(20)10-15(17)18(16)23/h3-12H,1-2H3,(H,21,24)/t12-/m1/s1. The van der Waals surface area contributed by atoms with E-state index in [0.717, 1.165) is 11.6 Å². The first-order valence-electron chi connectivity index (χ1n) is 7.62. The van der Waals surface area contributed by atoms with E-state index in [0.29, 0.717) is 5.52 Å². The van der Waals surface area contributed by atoms with Gasteiger partial charge in [-0.15, -0.1) is 0 Å². The Bertz CT molecular complexity index is 964. The molecule has 0 radical (unpaired) electrons. The first kappa shape index (κ1) is 15.9. The van der Waals surface area contributed by atoms with Crippen molar-refractivity contribution in [2.75, 3.05) is 0 Å². The van der Waals surface area contributed by atoms with Crippen LogP contribution in [0.4, 0.5) is 4.39 Å². The minimum Gasteiger partial charge on any atom is -0.350 e.